The number of fused-ring (bicyclic) bond motifs is 1. The van der Waals surface area contributed by atoms with Gasteiger partial charge in [0.15, 0.2) is 11.6 Å². The van der Waals surface area contributed by atoms with Gasteiger partial charge in [0, 0.05) is 43.2 Å². The minimum Gasteiger partial charge on any atom is -0.496 e. The van der Waals surface area contributed by atoms with Gasteiger partial charge < -0.3 is 10.1 Å². The van der Waals surface area contributed by atoms with E-state index in [2.05, 4.69) is 26.9 Å². The number of halogens is 2. The first-order chi connectivity index (χ1) is 16.7. The molecule has 0 aromatic heterocycles. The van der Waals surface area contributed by atoms with Crippen LogP contribution in [0.1, 0.15) is 35.2 Å². The minimum atomic E-state index is -0.976. The number of carbonyl (C=O) groups excluding carboxylic acids is 1. The predicted octanol–water partition coefficient (Wildman–Crippen LogP) is 4.61. The summed E-state index contributed by atoms with van der Waals surface area (Å²) in [6.07, 6.45) is 1.69. The number of benzene rings is 2. The smallest absolute Gasteiger partial charge is 0.353 e. The second-order valence-corrected chi connectivity index (χ2v) is 8.37. The third kappa shape index (κ3) is 4.27. The number of hydrogen-bond acceptors (Lipinski definition) is 6. The molecule has 0 fully saturated rings. The number of urea groups is 1. The molecule has 2 aromatic rings. The molecule has 0 aliphatic carbocycles. The topological polar surface area (TPSA) is 81.9 Å². The second-order valence-electron chi connectivity index (χ2n) is 8.37. The van der Waals surface area contributed by atoms with Crippen LogP contribution in [0.4, 0.5) is 19.3 Å². The standard InChI is InChI=1S/C25H26F2N6O2/c1-13(2)17-8-15(9-18(26)22(17)27)20-12-29-24-32(5)25(34)31-23(33(20)24)30-19-10-21(35-6)16(11-28-4)7-14(19)3/h7-11,20H,1,12H2,2-6H3,(H,30,31,34)/b28-11+. The number of aliphatic imine (C=N–C) groups is 3. The van der Waals surface area contributed by atoms with Crippen LogP contribution in [0, 0.1) is 18.6 Å². The van der Waals surface area contributed by atoms with Crippen molar-refractivity contribution in [2.75, 3.05) is 33.1 Å². The lowest BCUT2D eigenvalue weighted by Crippen LogP contribution is -2.53. The minimum absolute atomic E-state index is 0.0927. The van der Waals surface area contributed by atoms with E-state index in [0.29, 0.717) is 28.5 Å². The van der Waals surface area contributed by atoms with Gasteiger partial charge in [-0.05, 0) is 48.7 Å². The molecular weight excluding hydrogens is 454 g/mol. The maximum Gasteiger partial charge on any atom is 0.353 e. The van der Waals surface area contributed by atoms with Crippen LogP contribution < -0.4 is 10.1 Å². The van der Waals surface area contributed by atoms with Gasteiger partial charge in [-0.1, -0.05) is 6.58 Å². The molecule has 2 amide bonds. The van der Waals surface area contributed by atoms with E-state index in [-0.39, 0.29) is 18.1 Å². The Morgan fingerprint density at radius 3 is 2.71 bits per heavy atom. The Morgan fingerprint density at radius 2 is 2.06 bits per heavy atom. The number of anilines is 1. The molecule has 1 N–H and O–H groups in total. The zero-order chi connectivity index (χ0) is 25.4. The van der Waals surface area contributed by atoms with Crippen LogP contribution in [0.15, 0.2) is 45.8 Å². The fraction of sp³-hybridized carbons (Fsp3) is 0.280. The summed E-state index contributed by atoms with van der Waals surface area (Å²) in [6.45, 7) is 7.50. The number of hydrogen-bond donors (Lipinski definition) is 1. The molecule has 2 aliphatic heterocycles. The van der Waals surface area contributed by atoms with Gasteiger partial charge in [-0.2, -0.15) is 4.99 Å². The highest BCUT2D eigenvalue weighted by Gasteiger charge is 2.41. The number of rotatable bonds is 5. The molecule has 0 saturated carbocycles. The predicted molar refractivity (Wildman–Crippen MR) is 133 cm³/mol. The average Bonchev–Trinajstić information content (AvgIpc) is 3.26. The van der Waals surface area contributed by atoms with Gasteiger partial charge in [-0.3, -0.25) is 14.8 Å². The summed E-state index contributed by atoms with van der Waals surface area (Å²) in [6, 6.07) is 5.37. The summed E-state index contributed by atoms with van der Waals surface area (Å²) >= 11 is 0. The van der Waals surface area contributed by atoms with Crippen molar-refractivity contribution in [2.24, 2.45) is 15.0 Å². The maximum atomic E-state index is 14.5. The lowest BCUT2D eigenvalue weighted by molar-refractivity contribution is 0.230. The monoisotopic (exact) mass is 480 g/mol. The highest BCUT2D eigenvalue weighted by Crippen LogP contribution is 2.34. The van der Waals surface area contributed by atoms with Crippen molar-refractivity contribution in [3.05, 3.63) is 64.7 Å². The normalized spacial score (nSPS) is 17.5. The molecule has 182 valence electrons. The summed E-state index contributed by atoms with van der Waals surface area (Å²) in [4.78, 5) is 28.4. The molecule has 1 unspecified atom stereocenters. The fourth-order valence-electron chi connectivity index (χ4n) is 4.12. The van der Waals surface area contributed by atoms with E-state index in [9.17, 15) is 13.6 Å². The number of allylic oxidation sites excluding steroid dienone is 1. The lowest BCUT2D eigenvalue weighted by atomic mass is 9.99. The van der Waals surface area contributed by atoms with Crippen LogP contribution in [-0.2, 0) is 0 Å². The number of amides is 2. The van der Waals surface area contributed by atoms with Crippen LogP contribution >= 0.6 is 0 Å². The summed E-state index contributed by atoms with van der Waals surface area (Å²) < 4.78 is 34.3. The van der Waals surface area contributed by atoms with E-state index < -0.39 is 23.7 Å². The molecule has 2 aliphatic rings. The molecule has 10 heteroatoms. The molecule has 2 heterocycles. The SMILES string of the molecule is C=C(C)c1cc(C2CN=C3N(C)C(=O)N=C(Nc4cc(OC)c(/C=N/C)cc4C)N32)cc(F)c1F. The molecule has 0 bridgehead atoms. The van der Waals surface area contributed by atoms with Gasteiger partial charge in [0.2, 0.25) is 11.9 Å². The number of nitrogens with one attached hydrogen (secondary N) is 1. The molecule has 0 radical (unpaired) electrons. The third-order valence-electron chi connectivity index (χ3n) is 5.94. The first kappa shape index (κ1) is 24.1. The lowest BCUT2D eigenvalue weighted by Gasteiger charge is -2.35. The van der Waals surface area contributed by atoms with Crippen molar-refractivity contribution in [3.8, 4) is 5.75 Å². The number of ether oxygens (including phenoxy) is 1. The Labute approximate surface area is 202 Å². The molecule has 4 rings (SSSR count). The van der Waals surface area contributed by atoms with Crippen molar-refractivity contribution >= 4 is 35.4 Å². The van der Waals surface area contributed by atoms with Crippen molar-refractivity contribution in [1.82, 2.24) is 9.80 Å². The molecular formula is C25H26F2N6O2. The number of nitrogens with zero attached hydrogens (tertiary/aromatic N) is 5. The van der Waals surface area contributed by atoms with E-state index in [4.69, 9.17) is 4.74 Å². The van der Waals surface area contributed by atoms with Crippen molar-refractivity contribution in [2.45, 2.75) is 19.9 Å². The second kappa shape index (κ2) is 9.28. The van der Waals surface area contributed by atoms with E-state index in [0.717, 1.165) is 17.2 Å². The first-order valence-corrected chi connectivity index (χ1v) is 10.9. The first-order valence-electron chi connectivity index (χ1n) is 10.9. The van der Waals surface area contributed by atoms with Crippen LogP contribution in [0.25, 0.3) is 5.57 Å². The highest BCUT2D eigenvalue weighted by molar-refractivity contribution is 6.17. The Kier molecular flexibility index (Phi) is 6.38. The van der Waals surface area contributed by atoms with Gasteiger partial charge >= 0.3 is 6.03 Å². The van der Waals surface area contributed by atoms with Gasteiger partial charge in [-0.25, -0.2) is 18.6 Å². The van der Waals surface area contributed by atoms with E-state index in [1.54, 1.807) is 51.4 Å². The van der Waals surface area contributed by atoms with Crippen LogP contribution in [0.2, 0.25) is 0 Å². The van der Waals surface area contributed by atoms with E-state index >= 15 is 0 Å². The Bertz CT molecular complexity index is 1320. The number of carbonyl (C=O) groups is 1. The number of aryl methyl sites for hydroxylation is 1. The maximum absolute atomic E-state index is 14.5. The molecule has 8 nitrogen and oxygen atoms in total. The Balaban J connectivity index is 1.77. The van der Waals surface area contributed by atoms with Crippen molar-refractivity contribution in [1.29, 1.82) is 0 Å². The Morgan fingerprint density at radius 1 is 1.31 bits per heavy atom. The van der Waals surface area contributed by atoms with E-state index in [1.165, 1.54) is 4.90 Å². The molecule has 0 spiro atoms. The quantitative estimate of drug-likeness (QED) is 0.634. The molecule has 2 aromatic carbocycles. The molecule has 1 atom stereocenters. The van der Waals surface area contributed by atoms with Crippen molar-refractivity contribution < 1.29 is 18.3 Å². The largest absolute Gasteiger partial charge is 0.496 e. The van der Waals surface area contributed by atoms with Crippen LogP contribution in [0.3, 0.4) is 0 Å². The van der Waals surface area contributed by atoms with E-state index in [1.807, 2.05) is 13.0 Å². The molecule has 0 saturated heterocycles. The van der Waals surface area contributed by atoms with Gasteiger partial charge in [0.25, 0.3) is 0 Å². The van der Waals surface area contributed by atoms with Gasteiger partial charge in [0.1, 0.15) is 5.75 Å². The zero-order valence-electron chi connectivity index (χ0n) is 20.2. The van der Waals surface area contributed by atoms with Crippen LogP contribution in [-0.4, -0.2) is 61.7 Å². The van der Waals surface area contributed by atoms with Gasteiger partial charge in [-0.15, -0.1) is 0 Å². The summed E-state index contributed by atoms with van der Waals surface area (Å²) in [5.74, 6) is -0.758. The summed E-state index contributed by atoms with van der Waals surface area (Å²) in [7, 11) is 4.79. The average molecular weight is 481 g/mol. The van der Waals surface area contributed by atoms with Gasteiger partial charge in [0.05, 0.1) is 19.7 Å². The van der Waals surface area contributed by atoms with Crippen molar-refractivity contribution in [3.63, 3.8) is 0 Å². The summed E-state index contributed by atoms with van der Waals surface area (Å²) in [5.41, 5.74) is 3.30. The molecule has 35 heavy (non-hydrogen) atoms. The third-order valence-corrected chi connectivity index (χ3v) is 5.94. The number of methoxy groups -OCH3 is 1. The van der Waals surface area contributed by atoms with Crippen LogP contribution in [0.5, 0.6) is 5.75 Å². The highest BCUT2D eigenvalue weighted by atomic mass is 19.2. The Hall–Kier alpha value is -4.08. The summed E-state index contributed by atoms with van der Waals surface area (Å²) in [5, 5.41) is 3.22. The zero-order valence-corrected chi connectivity index (χ0v) is 20.2. The fourth-order valence-corrected chi connectivity index (χ4v) is 4.12. The number of guanidine groups is 2.